The van der Waals surface area contributed by atoms with E-state index in [4.69, 9.17) is 17.0 Å². The van der Waals surface area contributed by atoms with Crippen molar-refractivity contribution in [1.82, 2.24) is 10.6 Å². The van der Waals surface area contributed by atoms with Gasteiger partial charge >= 0.3 is 0 Å². The summed E-state index contributed by atoms with van der Waals surface area (Å²) in [4.78, 5) is 12.3. The molecule has 2 N–H and O–H groups in total. The van der Waals surface area contributed by atoms with Crippen LogP contribution in [0.15, 0.2) is 54.6 Å². The van der Waals surface area contributed by atoms with Gasteiger partial charge in [0, 0.05) is 5.56 Å². The molecule has 0 aromatic heterocycles. The summed E-state index contributed by atoms with van der Waals surface area (Å²) in [6.07, 6.45) is 2.11. The van der Waals surface area contributed by atoms with Crippen LogP contribution in [0, 0.1) is 0 Å². The number of unbranched alkanes of at least 4 members (excludes halogenated alkanes) is 1. The van der Waals surface area contributed by atoms with E-state index in [0.717, 1.165) is 24.2 Å². The standard InChI is InChI=1S/C20H24N2O2S/c1-3-4-14-24-18-12-10-17(11-13-18)19(23)22-20(25)21-15(2)16-8-6-5-7-9-16/h5-13,15H,3-4,14H2,1-2H3,(H2,21,22,23,25)/t15-/m0/s1. The third-order valence-corrected chi connectivity index (χ3v) is 3.98. The molecule has 2 aromatic carbocycles. The molecule has 5 heteroatoms. The monoisotopic (exact) mass is 356 g/mol. The number of benzene rings is 2. The molecule has 132 valence electrons. The van der Waals surface area contributed by atoms with Crippen LogP contribution in [-0.2, 0) is 0 Å². The Hall–Kier alpha value is -2.40. The van der Waals surface area contributed by atoms with Crippen LogP contribution in [-0.4, -0.2) is 17.6 Å². The number of hydrogen-bond donors (Lipinski definition) is 2. The van der Waals surface area contributed by atoms with Crippen LogP contribution in [0.4, 0.5) is 0 Å². The van der Waals surface area contributed by atoms with E-state index < -0.39 is 0 Å². The number of carbonyl (C=O) groups is 1. The molecule has 2 aromatic rings. The van der Waals surface area contributed by atoms with Gasteiger partial charge in [0.1, 0.15) is 5.75 Å². The molecule has 0 unspecified atom stereocenters. The third-order valence-electron chi connectivity index (χ3n) is 3.76. The maximum absolute atomic E-state index is 12.3. The normalized spacial score (nSPS) is 11.4. The quantitative estimate of drug-likeness (QED) is 0.576. The summed E-state index contributed by atoms with van der Waals surface area (Å²) in [5.41, 5.74) is 1.65. The largest absolute Gasteiger partial charge is 0.494 e. The van der Waals surface area contributed by atoms with E-state index in [9.17, 15) is 4.79 Å². The maximum atomic E-state index is 12.3. The lowest BCUT2D eigenvalue weighted by atomic mass is 10.1. The number of hydrogen-bond acceptors (Lipinski definition) is 3. The fourth-order valence-corrected chi connectivity index (χ4v) is 2.54. The van der Waals surface area contributed by atoms with Crippen molar-refractivity contribution < 1.29 is 9.53 Å². The molecule has 4 nitrogen and oxygen atoms in total. The lowest BCUT2D eigenvalue weighted by Crippen LogP contribution is -2.40. The van der Waals surface area contributed by atoms with Gasteiger partial charge in [0.05, 0.1) is 12.6 Å². The summed E-state index contributed by atoms with van der Waals surface area (Å²) in [6.45, 7) is 4.80. The average Bonchev–Trinajstić information content (AvgIpc) is 2.63. The van der Waals surface area contributed by atoms with Gasteiger partial charge in [-0.2, -0.15) is 0 Å². The Bertz CT molecular complexity index is 687. The Morgan fingerprint density at radius 2 is 1.80 bits per heavy atom. The molecule has 0 heterocycles. The van der Waals surface area contributed by atoms with Crippen LogP contribution in [0.2, 0.25) is 0 Å². The highest BCUT2D eigenvalue weighted by atomic mass is 32.1. The second-order valence-corrected chi connectivity index (χ2v) is 6.19. The van der Waals surface area contributed by atoms with Crippen LogP contribution in [0.1, 0.15) is 48.7 Å². The molecule has 0 aliphatic heterocycles. The first kappa shape index (κ1) is 18.9. The van der Waals surface area contributed by atoms with E-state index in [1.165, 1.54) is 0 Å². The average molecular weight is 356 g/mol. The van der Waals surface area contributed by atoms with E-state index in [1.807, 2.05) is 37.3 Å². The zero-order valence-corrected chi connectivity index (χ0v) is 15.4. The molecule has 1 amide bonds. The second kappa shape index (κ2) is 9.79. The summed E-state index contributed by atoms with van der Waals surface area (Å²) in [6, 6.07) is 17.0. The van der Waals surface area contributed by atoms with Gasteiger partial charge in [-0.15, -0.1) is 0 Å². The first-order chi connectivity index (χ1) is 12.1. The highest BCUT2D eigenvalue weighted by Gasteiger charge is 2.11. The van der Waals surface area contributed by atoms with Crippen molar-refractivity contribution in [3.8, 4) is 5.75 Å². The molecule has 0 radical (unpaired) electrons. The van der Waals surface area contributed by atoms with Crippen molar-refractivity contribution in [3.63, 3.8) is 0 Å². The minimum Gasteiger partial charge on any atom is -0.494 e. The van der Waals surface area contributed by atoms with Crippen LogP contribution in [0.5, 0.6) is 5.75 Å². The minimum atomic E-state index is -0.238. The van der Waals surface area contributed by atoms with Gasteiger partial charge in [0.25, 0.3) is 5.91 Å². The topological polar surface area (TPSA) is 50.4 Å². The van der Waals surface area contributed by atoms with Crippen LogP contribution in [0.3, 0.4) is 0 Å². The molecule has 25 heavy (non-hydrogen) atoms. The summed E-state index contributed by atoms with van der Waals surface area (Å²) < 4.78 is 5.59. The van der Waals surface area contributed by atoms with Gasteiger partial charge in [-0.05, 0) is 55.4 Å². The van der Waals surface area contributed by atoms with Crippen molar-refractivity contribution in [1.29, 1.82) is 0 Å². The molecule has 0 saturated carbocycles. The van der Waals surface area contributed by atoms with Crippen molar-refractivity contribution in [2.75, 3.05) is 6.61 Å². The molecule has 0 fully saturated rings. The summed E-state index contributed by atoms with van der Waals surface area (Å²) >= 11 is 5.24. The van der Waals surface area contributed by atoms with Gasteiger partial charge in [0.15, 0.2) is 5.11 Å². The Balaban J connectivity index is 1.85. The fourth-order valence-electron chi connectivity index (χ4n) is 2.27. The number of amides is 1. The Morgan fingerprint density at radius 3 is 2.44 bits per heavy atom. The van der Waals surface area contributed by atoms with Gasteiger partial charge in [0.2, 0.25) is 0 Å². The van der Waals surface area contributed by atoms with Gasteiger partial charge in [-0.25, -0.2) is 0 Å². The predicted molar refractivity (Wildman–Crippen MR) is 105 cm³/mol. The number of ether oxygens (including phenoxy) is 1. The number of rotatable bonds is 7. The molecule has 0 aliphatic rings. The molecule has 2 rings (SSSR count). The SMILES string of the molecule is CCCCOc1ccc(C(=O)NC(=S)N[C@@H](C)c2ccccc2)cc1. The van der Waals surface area contributed by atoms with Crippen molar-refractivity contribution in [3.05, 3.63) is 65.7 Å². The molecular formula is C20H24N2O2S. The molecule has 0 spiro atoms. The van der Waals surface area contributed by atoms with Crippen LogP contribution < -0.4 is 15.4 Å². The van der Waals surface area contributed by atoms with E-state index in [1.54, 1.807) is 24.3 Å². The number of carbonyl (C=O) groups excluding carboxylic acids is 1. The Morgan fingerprint density at radius 1 is 1.12 bits per heavy atom. The summed E-state index contributed by atoms with van der Waals surface area (Å²) in [7, 11) is 0. The summed E-state index contributed by atoms with van der Waals surface area (Å²) in [5.74, 6) is 0.529. The highest BCUT2D eigenvalue weighted by Crippen LogP contribution is 2.13. The molecule has 0 aliphatic carbocycles. The smallest absolute Gasteiger partial charge is 0.257 e. The maximum Gasteiger partial charge on any atom is 0.257 e. The first-order valence-corrected chi connectivity index (χ1v) is 8.90. The molecular weight excluding hydrogens is 332 g/mol. The zero-order chi connectivity index (χ0) is 18.1. The minimum absolute atomic E-state index is 0.0170. The van der Waals surface area contributed by atoms with E-state index in [2.05, 4.69) is 17.6 Å². The second-order valence-electron chi connectivity index (χ2n) is 5.79. The van der Waals surface area contributed by atoms with Gasteiger partial charge < -0.3 is 10.1 Å². The first-order valence-electron chi connectivity index (χ1n) is 8.49. The van der Waals surface area contributed by atoms with E-state index >= 15 is 0 Å². The fraction of sp³-hybridized carbons (Fsp3) is 0.300. The highest BCUT2D eigenvalue weighted by molar-refractivity contribution is 7.80. The van der Waals surface area contributed by atoms with Crippen molar-refractivity contribution in [2.24, 2.45) is 0 Å². The van der Waals surface area contributed by atoms with Gasteiger partial charge in [-0.3, -0.25) is 10.1 Å². The van der Waals surface area contributed by atoms with Gasteiger partial charge in [-0.1, -0.05) is 43.7 Å². The number of thiocarbonyl (C=S) groups is 1. The van der Waals surface area contributed by atoms with Crippen molar-refractivity contribution >= 4 is 23.2 Å². The zero-order valence-electron chi connectivity index (χ0n) is 14.6. The summed E-state index contributed by atoms with van der Waals surface area (Å²) in [5, 5.41) is 6.14. The van der Waals surface area contributed by atoms with Crippen LogP contribution in [0.25, 0.3) is 0 Å². The Kier molecular flexibility index (Phi) is 7.41. The molecule has 0 bridgehead atoms. The molecule has 1 atom stereocenters. The van der Waals surface area contributed by atoms with Crippen LogP contribution >= 0.6 is 12.2 Å². The Labute approximate surface area is 154 Å². The van der Waals surface area contributed by atoms with E-state index in [-0.39, 0.29) is 11.9 Å². The third kappa shape index (κ3) is 6.19. The van der Waals surface area contributed by atoms with Crippen molar-refractivity contribution in [2.45, 2.75) is 32.7 Å². The molecule has 0 saturated heterocycles. The number of nitrogens with one attached hydrogen (secondary N) is 2. The predicted octanol–water partition coefficient (Wildman–Crippen LogP) is 4.23. The lowest BCUT2D eigenvalue weighted by Gasteiger charge is -2.16. The lowest BCUT2D eigenvalue weighted by molar-refractivity contribution is 0.0976. The van der Waals surface area contributed by atoms with E-state index in [0.29, 0.717) is 17.3 Å².